The summed E-state index contributed by atoms with van der Waals surface area (Å²) in [7, 11) is -2.06. The van der Waals surface area contributed by atoms with Gasteiger partial charge in [0.15, 0.2) is 0 Å². The SMILES string of the molecule is COc1ccc(N(CCCC(=O)NCCOc2ccc(C)c(Cl)c2)S(C)(=O)=O)cc1Cl. The molecule has 0 aliphatic carbocycles. The number of sulfonamides is 1. The van der Waals surface area contributed by atoms with Crippen LogP contribution in [-0.4, -0.2) is 47.4 Å². The summed E-state index contributed by atoms with van der Waals surface area (Å²) in [5, 5.41) is 3.68. The number of nitrogens with one attached hydrogen (secondary N) is 1. The molecule has 0 spiro atoms. The van der Waals surface area contributed by atoms with Gasteiger partial charge in [0.2, 0.25) is 15.9 Å². The largest absolute Gasteiger partial charge is 0.495 e. The second-order valence-electron chi connectivity index (χ2n) is 6.87. The van der Waals surface area contributed by atoms with Crippen molar-refractivity contribution in [3.05, 3.63) is 52.0 Å². The summed E-state index contributed by atoms with van der Waals surface area (Å²) in [4.78, 5) is 12.1. The number of ether oxygens (including phenoxy) is 2. The lowest BCUT2D eigenvalue weighted by Gasteiger charge is -2.23. The molecule has 0 aliphatic rings. The molecule has 31 heavy (non-hydrogen) atoms. The number of methoxy groups -OCH3 is 1. The van der Waals surface area contributed by atoms with Crippen LogP contribution in [0.25, 0.3) is 0 Å². The minimum Gasteiger partial charge on any atom is -0.495 e. The highest BCUT2D eigenvalue weighted by Gasteiger charge is 2.19. The Balaban J connectivity index is 1.80. The summed E-state index contributed by atoms with van der Waals surface area (Å²) in [5.41, 5.74) is 1.38. The van der Waals surface area contributed by atoms with Gasteiger partial charge in [0.05, 0.1) is 30.6 Å². The molecule has 1 N–H and O–H groups in total. The van der Waals surface area contributed by atoms with Crippen molar-refractivity contribution in [3.8, 4) is 11.5 Å². The first-order chi connectivity index (χ1) is 14.6. The maximum atomic E-state index is 12.2. The number of rotatable bonds is 11. The van der Waals surface area contributed by atoms with E-state index in [4.69, 9.17) is 32.7 Å². The van der Waals surface area contributed by atoms with Crippen LogP contribution in [0, 0.1) is 6.92 Å². The summed E-state index contributed by atoms with van der Waals surface area (Å²) in [6, 6.07) is 10.1. The first kappa shape index (κ1) is 25.1. The fourth-order valence-corrected chi connectivity index (χ4v) is 4.17. The molecule has 10 heteroatoms. The highest BCUT2D eigenvalue weighted by molar-refractivity contribution is 7.92. The Kier molecular flexibility index (Phi) is 9.28. The molecule has 0 fully saturated rings. The molecular formula is C21H26Cl2N2O5S. The Labute approximate surface area is 193 Å². The van der Waals surface area contributed by atoms with Crippen molar-refractivity contribution in [1.29, 1.82) is 0 Å². The Morgan fingerprint density at radius 2 is 1.87 bits per heavy atom. The zero-order valence-electron chi connectivity index (χ0n) is 17.7. The third-order valence-corrected chi connectivity index (χ3v) is 6.32. The van der Waals surface area contributed by atoms with Gasteiger partial charge in [-0.05, 0) is 49.2 Å². The maximum Gasteiger partial charge on any atom is 0.232 e. The van der Waals surface area contributed by atoms with Crippen LogP contribution in [0.5, 0.6) is 11.5 Å². The predicted molar refractivity (Wildman–Crippen MR) is 124 cm³/mol. The van der Waals surface area contributed by atoms with Gasteiger partial charge in [-0.1, -0.05) is 29.3 Å². The molecule has 0 unspecified atom stereocenters. The standard InChI is InChI=1S/C21H26Cl2N2O5S/c1-15-6-8-17(14-18(15)22)30-12-10-24-21(26)5-4-11-25(31(3,27)28)16-7-9-20(29-2)19(23)13-16/h6-9,13-14H,4-5,10-12H2,1-3H3,(H,24,26). The van der Waals surface area contributed by atoms with Crippen LogP contribution in [0.1, 0.15) is 18.4 Å². The zero-order valence-corrected chi connectivity index (χ0v) is 20.0. The number of hydrogen-bond acceptors (Lipinski definition) is 5. The van der Waals surface area contributed by atoms with Gasteiger partial charge < -0.3 is 14.8 Å². The van der Waals surface area contributed by atoms with E-state index >= 15 is 0 Å². The van der Waals surface area contributed by atoms with E-state index in [1.807, 2.05) is 19.1 Å². The zero-order chi connectivity index (χ0) is 23.0. The van der Waals surface area contributed by atoms with E-state index in [9.17, 15) is 13.2 Å². The number of anilines is 1. The molecule has 2 aromatic rings. The van der Waals surface area contributed by atoms with Crippen LogP contribution in [0.15, 0.2) is 36.4 Å². The number of halogens is 2. The first-order valence-corrected chi connectivity index (χ1v) is 12.2. The highest BCUT2D eigenvalue weighted by Crippen LogP contribution is 2.30. The normalized spacial score (nSPS) is 11.1. The van der Waals surface area contributed by atoms with Gasteiger partial charge in [-0.15, -0.1) is 0 Å². The second kappa shape index (κ2) is 11.5. The Morgan fingerprint density at radius 3 is 2.48 bits per heavy atom. The van der Waals surface area contributed by atoms with E-state index in [1.165, 1.54) is 17.5 Å². The molecule has 170 valence electrons. The minimum absolute atomic E-state index is 0.146. The minimum atomic E-state index is -3.54. The summed E-state index contributed by atoms with van der Waals surface area (Å²) < 4.78 is 36.2. The average Bonchev–Trinajstić information content (AvgIpc) is 2.70. The van der Waals surface area contributed by atoms with Gasteiger partial charge in [-0.25, -0.2) is 8.42 Å². The van der Waals surface area contributed by atoms with Gasteiger partial charge in [0.25, 0.3) is 0 Å². The van der Waals surface area contributed by atoms with Crippen LogP contribution in [0.3, 0.4) is 0 Å². The van der Waals surface area contributed by atoms with Crippen molar-refractivity contribution in [2.24, 2.45) is 0 Å². The molecule has 2 rings (SSSR count). The fraction of sp³-hybridized carbons (Fsp3) is 0.381. The van der Waals surface area contributed by atoms with Crippen molar-refractivity contribution < 1.29 is 22.7 Å². The predicted octanol–water partition coefficient (Wildman–Crippen LogP) is 4.05. The van der Waals surface area contributed by atoms with Crippen LogP contribution >= 0.6 is 23.2 Å². The van der Waals surface area contributed by atoms with Crippen LogP contribution in [-0.2, 0) is 14.8 Å². The molecule has 0 aromatic heterocycles. The van der Waals surface area contributed by atoms with Crippen molar-refractivity contribution >= 4 is 44.8 Å². The number of benzene rings is 2. The molecule has 7 nitrogen and oxygen atoms in total. The van der Waals surface area contributed by atoms with Crippen LogP contribution in [0.4, 0.5) is 5.69 Å². The lowest BCUT2D eigenvalue weighted by Crippen LogP contribution is -2.32. The number of aryl methyl sites for hydroxylation is 1. The molecule has 0 saturated carbocycles. The molecule has 0 aliphatic heterocycles. The molecule has 0 bridgehead atoms. The molecule has 0 saturated heterocycles. The lowest BCUT2D eigenvalue weighted by molar-refractivity contribution is -0.121. The number of hydrogen-bond donors (Lipinski definition) is 1. The Hall–Kier alpha value is -2.16. The third-order valence-electron chi connectivity index (χ3n) is 4.42. The molecule has 1 amide bonds. The quantitative estimate of drug-likeness (QED) is 0.482. The van der Waals surface area contributed by atoms with E-state index in [0.29, 0.717) is 46.8 Å². The van der Waals surface area contributed by atoms with E-state index < -0.39 is 10.0 Å². The lowest BCUT2D eigenvalue weighted by atomic mass is 10.2. The summed E-state index contributed by atoms with van der Waals surface area (Å²) in [6.45, 7) is 2.67. The summed E-state index contributed by atoms with van der Waals surface area (Å²) in [5.74, 6) is 0.895. The topological polar surface area (TPSA) is 84.9 Å². The smallest absolute Gasteiger partial charge is 0.232 e. The number of amides is 1. The number of carbonyl (C=O) groups excluding carboxylic acids is 1. The van der Waals surface area contributed by atoms with Crippen LogP contribution in [0.2, 0.25) is 10.0 Å². The number of carbonyl (C=O) groups is 1. The van der Waals surface area contributed by atoms with E-state index in [2.05, 4.69) is 5.32 Å². The molecule has 2 aromatic carbocycles. The fourth-order valence-electron chi connectivity index (χ4n) is 2.79. The van der Waals surface area contributed by atoms with Gasteiger partial charge in [-0.3, -0.25) is 9.10 Å². The maximum absolute atomic E-state index is 12.2. The van der Waals surface area contributed by atoms with Crippen LogP contribution < -0.4 is 19.1 Å². The van der Waals surface area contributed by atoms with Gasteiger partial charge in [0, 0.05) is 18.0 Å². The molecule has 0 atom stereocenters. The monoisotopic (exact) mass is 488 g/mol. The van der Waals surface area contributed by atoms with Gasteiger partial charge in [0.1, 0.15) is 18.1 Å². The molecule has 0 radical (unpaired) electrons. The second-order valence-corrected chi connectivity index (χ2v) is 9.59. The average molecular weight is 489 g/mol. The van der Waals surface area contributed by atoms with Crippen molar-refractivity contribution in [2.75, 3.05) is 37.4 Å². The number of nitrogens with zero attached hydrogens (tertiary/aromatic N) is 1. The molecule has 0 heterocycles. The Bertz CT molecular complexity index is 1010. The van der Waals surface area contributed by atoms with Gasteiger partial charge in [-0.2, -0.15) is 0 Å². The van der Waals surface area contributed by atoms with E-state index in [1.54, 1.807) is 18.2 Å². The van der Waals surface area contributed by atoms with Crippen molar-refractivity contribution in [2.45, 2.75) is 19.8 Å². The third kappa shape index (κ3) is 7.79. The summed E-state index contributed by atoms with van der Waals surface area (Å²) in [6.07, 6.45) is 1.63. The van der Waals surface area contributed by atoms with Crippen molar-refractivity contribution in [3.63, 3.8) is 0 Å². The van der Waals surface area contributed by atoms with E-state index in [-0.39, 0.29) is 18.9 Å². The highest BCUT2D eigenvalue weighted by atomic mass is 35.5. The first-order valence-electron chi connectivity index (χ1n) is 9.58. The Morgan fingerprint density at radius 1 is 1.13 bits per heavy atom. The van der Waals surface area contributed by atoms with E-state index in [0.717, 1.165) is 11.8 Å². The summed E-state index contributed by atoms with van der Waals surface area (Å²) >= 11 is 12.2. The van der Waals surface area contributed by atoms with Crippen molar-refractivity contribution in [1.82, 2.24) is 5.32 Å². The van der Waals surface area contributed by atoms with Gasteiger partial charge >= 0.3 is 0 Å². The molecular weight excluding hydrogens is 463 g/mol.